The molecular weight excluding hydrogens is 368 g/mol. The van der Waals surface area contributed by atoms with E-state index in [2.05, 4.69) is 113 Å². The molecule has 3 aromatic carbocycles. The third-order valence-electron chi connectivity index (χ3n) is 5.88. The summed E-state index contributed by atoms with van der Waals surface area (Å²) in [6.07, 6.45) is 6.43. The molecule has 0 radical (unpaired) electrons. The van der Waals surface area contributed by atoms with E-state index in [0.717, 1.165) is 28.1 Å². The van der Waals surface area contributed by atoms with Crippen molar-refractivity contribution in [2.75, 3.05) is 0 Å². The minimum absolute atomic E-state index is 0.981. The molecule has 0 saturated heterocycles. The Balaban J connectivity index is 1.63. The minimum Gasteiger partial charge on any atom is -0.301 e. The number of rotatable bonds is 2. The molecule has 0 aliphatic carbocycles. The number of aryl methyl sites for hydroxylation is 2. The lowest BCUT2D eigenvalue weighted by Crippen LogP contribution is -2.29. The standard InChI is InChI=1S/C26H21N4/c1-18-14-23-20(17-30-24-11-7-6-8-19(24)16-25(30)27-23)15-22(18)26-28(2)12-13-29(26)21-9-4-3-5-10-21/h3-17H,1-2H3/q+1. The molecule has 0 aliphatic rings. The molecule has 0 spiro atoms. The minimum atomic E-state index is 0.981. The van der Waals surface area contributed by atoms with Crippen LogP contribution in [-0.4, -0.2) is 14.0 Å². The van der Waals surface area contributed by atoms with Crippen molar-refractivity contribution in [3.63, 3.8) is 0 Å². The van der Waals surface area contributed by atoms with Gasteiger partial charge in [0.2, 0.25) is 0 Å². The maximum Gasteiger partial charge on any atom is 0.294 e. The third kappa shape index (κ3) is 2.47. The van der Waals surface area contributed by atoms with Gasteiger partial charge < -0.3 is 4.40 Å². The summed E-state index contributed by atoms with van der Waals surface area (Å²) in [5.74, 6) is 1.15. The Bertz CT molecular complexity index is 1550. The van der Waals surface area contributed by atoms with Gasteiger partial charge in [-0.15, -0.1) is 0 Å². The molecular formula is C26H21N4+. The lowest BCUT2D eigenvalue weighted by molar-refractivity contribution is -0.659. The Morgan fingerprint density at radius 1 is 0.867 bits per heavy atom. The molecule has 0 unspecified atom stereocenters. The second kappa shape index (κ2) is 6.29. The van der Waals surface area contributed by atoms with E-state index in [4.69, 9.17) is 4.98 Å². The summed E-state index contributed by atoms with van der Waals surface area (Å²) in [4.78, 5) is 4.95. The topological polar surface area (TPSA) is 26.1 Å². The second-order valence-corrected chi connectivity index (χ2v) is 7.84. The molecule has 6 aromatic rings. The summed E-state index contributed by atoms with van der Waals surface area (Å²) < 4.78 is 6.61. The Morgan fingerprint density at radius 3 is 2.53 bits per heavy atom. The van der Waals surface area contributed by atoms with Crippen LogP contribution in [0.25, 0.3) is 44.5 Å². The number of aromatic nitrogens is 4. The van der Waals surface area contributed by atoms with Crippen molar-refractivity contribution < 1.29 is 4.57 Å². The van der Waals surface area contributed by atoms with Gasteiger partial charge in [-0.2, -0.15) is 4.57 Å². The van der Waals surface area contributed by atoms with Crippen molar-refractivity contribution in [2.45, 2.75) is 6.92 Å². The highest BCUT2D eigenvalue weighted by atomic mass is 15.1. The Kier molecular flexibility index (Phi) is 3.56. The number of para-hydroxylation sites is 2. The van der Waals surface area contributed by atoms with Crippen LogP contribution in [0, 0.1) is 6.92 Å². The highest BCUT2D eigenvalue weighted by Crippen LogP contribution is 2.29. The molecule has 0 fully saturated rings. The van der Waals surface area contributed by atoms with Crippen molar-refractivity contribution >= 4 is 27.5 Å². The van der Waals surface area contributed by atoms with Crippen molar-refractivity contribution in [1.29, 1.82) is 0 Å². The fraction of sp³-hybridized carbons (Fsp3) is 0.0769. The van der Waals surface area contributed by atoms with E-state index in [1.807, 2.05) is 6.07 Å². The van der Waals surface area contributed by atoms with Gasteiger partial charge in [-0.1, -0.05) is 36.4 Å². The zero-order valence-corrected chi connectivity index (χ0v) is 16.9. The number of nitrogens with zero attached hydrogens (tertiary/aromatic N) is 4. The lowest BCUT2D eigenvalue weighted by atomic mass is 10.0. The molecule has 0 bridgehead atoms. The molecule has 6 rings (SSSR count). The van der Waals surface area contributed by atoms with Crippen LogP contribution in [0.3, 0.4) is 0 Å². The van der Waals surface area contributed by atoms with Gasteiger partial charge in [0.25, 0.3) is 5.82 Å². The fourth-order valence-electron chi connectivity index (χ4n) is 4.39. The van der Waals surface area contributed by atoms with Crippen LogP contribution in [0.4, 0.5) is 0 Å². The van der Waals surface area contributed by atoms with Crippen molar-refractivity contribution in [3.8, 4) is 17.1 Å². The van der Waals surface area contributed by atoms with E-state index >= 15 is 0 Å². The van der Waals surface area contributed by atoms with Crippen molar-refractivity contribution in [2.24, 2.45) is 7.05 Å². The quantitative estimate of drug-likeness (QED) is 0.372. The molecule has 0 saturated carbocycles. The van der Waals surface area contributed by atoms with Crippen LogP contribution in [0.15, 0.2) is 91.4 Å². The van der Waals surface area contributed by atoms with E-state index in [9.17, 15) is 0 Å². The first-order valence-electron chi connectivity index (χ1n) is 10.1. The molecule has 4 heteroatoms. The van der Waals surface area contributed by atoms with Crippen LogP contribution in [0.2, 0.25) is 0 Å². The third-order valence-corrected chi connectivity index (χ3v) is 5.88. The molecule has 0 amide bonds. The van der Waals surface area contributed by atoms with Gasteiger partial charge in [-0.3, -0.25) is 0 Å². The summed E-state index contributed by atoms with van der Waals surface area (Å²) in [5, 5.41) is 2.34. The van der Waals surface area contributed by atoms with Gasteiger partial charge in [0.1, 0.15) is 23.7 Å². The zero-order chi connectivity index (χ0) is 20.2. The maximum absolute atomic E-state index is 4.95. The highest BCUT2D eigenvalue weighted by Gasteiger charge is 2.21. The van der Waals surface area contributed by atoms with E-state index in [1.54, 1.807) is 0 Å². The largest absolute Gasteiger partial charge is 0.301 e. The van der Waals surface area contributed by atoms with Gasteiger partial charge in [0.15, 0.2) is 0 Å². The maximum atomic E-state index is 4.95. The van der Waals surface area contributed by atoms with Crippen molar-refractivity contribution in [3.05, 3.63) is 97.0 Å². The first kappa shape index (κ1) is 17.0. The summed E-state index contributed by atoms with van der Waals surface area (Å²) in [6, 6.07) is 25.5. The Labute approximate surface area is 174 Å². The monoisotopic (exact) mass is 389 g/mol. The molecule has 0 N–H and O–H groups in total. The molecule has 3 aromatic heterocycles. The smallest absolute Gasteiger partial charge is 0.294 e. The van der Waals surface area contributed by atoms with Crippen LogP contribution >= 0.6 is 0 Å². The average Bonchev–Trinajstić information content (AvgIpc) is 3.32. The van der Waals surface area contributed by atoms with Crippen LogP contribution in [0.5, 0.6) is 0 Å². The second-order valence-electron chi connectivity index (χ2n) is 7.84. The number of benzene rings is 3. The van der Waals surface area contributed by atoms with Gasteiger partial charge in [0.05, 0.1) is 23.6 Å². The Morgan fingerprint density at radius 2 is 1.67 bits per heavy atom. The molecule has 0 aliphatic heterocycles. The summed E-state index contributed by atoms with van der Waals surface area (Å²) in [7, 11) is 2.10. The predicted molar refractivity (Wildman–Crippen MR) is 121 cm³/mol. The van der Waals surface area contributed by atoms with Crippen LogP contribution in [-0.2, 0) is 7.05 Å². The molecule has 3 heterocycles. The SMILES string of the molecule is Cc1cc2nc3cc4ccccc4n3cc2cc1-c1n(-c2ccccc2)cc[n+]1C. The Hall–Kier alpha value is -3.92. The predicted octanol–water partition coefficient (Wildman–Crippen LogP) is 5.23. The van der Waals surface area contributed by atoms with E-state index in [1.165, 1.54) is 22.0 Å². The lowest BCUT2D eigenvalue weighted by Gasteiger charge is -2.09. The van der Waals surface area contributed by atoms with Crippen molar-refractivity contribution in [1.82, 2.24) is 14.0 Å². The normalized spacial score (nSPS) is 11.7. The number of fused-ring (bicyclic) bond motifs is 4. The highest BCUT2D eigenvalue weighted by molar-refractivity contribution is 5.91. The summed E-state index contributed by atoms with van der Waals surface area (Å²) in [5.41, 5.74) is 6.75. The van der Waals surface area contributed by atoms with Gasteiger partial charge in [-0.25, -0.2) is 9.55 Å². The molecule has 0 atom stereocenters. The number of hydrogen-bond donors (Lipinski definition) is 0. The van der Waals surface area contributed by atoms with Gasteiger partial charge >= 0.3 is 0 Å². The van der Waals surface area contributed by atoms with E-state index in [0.29, 0.717) is 0 Å². The number of hydrogen-bond acceptors (Lipinski definition) is 1. The summed E-state index contributed by atoms with van der Waals surface area (Å²) in [6.45, 7) is 2.16. The van der Waals surface area contributed by atoms with E-state index in [-0.39, 0.29) is 0 Å². The molecule has 144 valence electrons. The molecule has 30 heavy (non-hydrogen) atoms. The first-order chi connectivity index (χ1) is 14.7. The fourth-order valence-corrected chi connectivity index (χ4v) is 4.39. The zero-order valence-electron chi connectivity index (χ0n) is 16.9. The van der Waals surface area contributed by atoms with Gasteiger partial charge in [0, 0.05) is 17.0 Å². The van der Waals surface area contributed by atoms with Gasteiger partial charge in [-0.05, 0) is 48.9 Å². The average molecular weight is 389 g/mol. The van der Waals surface area contributed by atoms with E-state index < -0.39 is 0 Å². The van der Waals surface area contributed by atoms with Crippen LogP contribution < -0.4 is 4.57 Å². The summed E-state index contributed by atoms with van der Waals surface area (Å²) >= 11 is 0. The first-order valence-corrected chi connectivity index (χ1v) is 10.1. The number of imidazole rings is 1. The van der Waals surface area contributed by atoms with Crippen LogP contribution in [0.1, 0.15) is 5.56 Å². The molecule has 4 nitrogen and oxygen atoms in total.